The van der Waals surface area contributed by atoms with Gasteiger partial charge in [0, 0.05) is 11.8 Å². The first-order valence-corrected chi connectivity index (χ1v) is 5.52. The van der Waals surface area contributed by atoms with Crippen molar-refractivity contribution in [2.75, 3.05) is 13.2 Å². The van der Waals surface area contributed by atoms with E-state index in [9.17, 15) is 5.11 Å². The fourth-order valence-corrected chi connectivity index (χ4v) is 2.40. The number of rotatable bonds is 3. The van der Waals surface area contributed by atoms with Crippen LogP contribution in [0.15, 0.2) is 23.4 Å². The summed E-state index contributed by atoms with van der Waals surface area (Å²) in [5, 5.41) is 11.0. The molecule has 1 aliphatic rings. The lowest BCUT2D eigenvalue weighted by molar-refractivity contribution is 0.0454. The van der Waals surface area contributed by atoms with Gasteiger partial charge in [-0.25, -0.2) is 4.98 Å². The summed E-state index contributed by atoms with van der Waals surface area (Å²) in [6, 6.07) is 3.77. The SMILES string of the molecule is C[C@@H](O)c1cccnc1SC1COC1. The number of thioether (sulfide) groups is 1. The van der Waals surface area contributed by atoms with Crippen molar-refractivity contribution >= 4 is 11.8 Å². The van der Waals surface area contributed by atoms with E-state index in [1.807, 2.05) is 12.1 Å². The van der Waals surface area contributed by atoms with Gasteiger partial charge in [0.05, 0.1) is 24.6 Å². The highest BCUT2D eigenvalue weighted by Gasteiger charge is 2.22. The molecular weight excluding hydrogens is 198 g/mol. The summed E-state index contributed by atoms with van der Waals surface area (Å²) >= 11 is 1.69. The number of pyridine rings is 1. The minimum atomic E-state index is -0.452. The first-order valence-electron chi connectivity index (χ1n) is 4.65. The molecule has 0 saturated carbocycles. The molecule has 1 aromatic heterocycles. The Kier molecular flexibility index (Phi) is 3.05. The molecule has 2 heterocycles. The number of ether oxygens (including phenoxy) is 1. The topological polar surface area (TPSA) is 42.4 Å². The summed E-state index contributed by atoms with van der Waals surface area (Å²) in [7, 11) is 0. The maximum absolute atomic E-state index is 9.52. The Hall–Kier alpha value is -0.580. The molecule has 4 heteroatoms. The van der Waals surface area contributed by atoms with Crippen LogP contribution in [0.1, 0.15) is 18.6 Å². The molecule has 1 saturated heterocycles. The minimum Gasteiger partial charge on any atom is -0.389 e. The summed E-state index contributed by atoms with van der Waals surface area (Å²) in [6.45, 7) is 3.35. The summed E-state index contributed by atoms with van der Waals surface area (Å²) in [5.74, 6) is 0. The third-order valence-corrected chi connectivity index (χ3v) is 3.31. The molecule has 0 radical (unpaired) electrons. The van der Waals surface area contributed by atoms with Crippen molar-refractivity contribution in [2.24, 2.45) is 0 Å². The normalized spacial score (nSPS) is 19.0. The van der Waals surface area contributed by atoms with Gasteiger partial charge in [0.25, 0.3) is 0 Å². The van der Waals surface area contributed by atoms with Crippen molar-refractivity contribution < 1.29 is 9.84 Å². The Balaban J connectivity index is 2.13. The second kappa shape index (κ2) is 4.29. The van der Waals surface area contributed by atoms with E-state index < -0.39 is 6.10 Å². The maximum atomic E-state index is 9.52. The molecule has 1 N–H and O–H groups in total. The molecule has 0 aliphatic carbocycles. The third-order valence-electron chi connectivity index (χ3n) is 2.14. The largest absolute Gasteiger partial charge is 0.389 e. The summed E-state index contributed by atoms with van der Waals surface area (Å²) < 4.78 is 5.10. The van der Waals surface area contributed by atoms with Gasteiger partial charge in [-0.2, -0.15) is 0 Å². The maximum Gasteiger partial charge on any atom is 0.102 e. The predicted octanol–water partition coefficient (Wildman–Crippen LogP) is 1.63. The zero-order valence-corrected chi connectivity index (χ0v) is 8.83. The molecule has 0 unspecified atom stereocenters. The van der Waals surface area contributed by atoms with E-state index in [1.54, 1.807) is 24.9 Å². The Bertz CT molecular complexity index is 313. The van der Waals surface area contributed by atoms with Crippen LogP contribution >= 0.6 is 11.8 Å². The molecule has 1 atom stereocenters. The number of nitrogens with zero attached hydrogens (tertiary/aromatic N) is 1. The number of aromatic nitrogens is 1. The van der Waals surface area contributed by atoms with Gasteiger partial charge in [-0.15, -0.1) is 0 Å². The summed E-state index contributed by atoms with van der Waals surface area (Å²) in [6.07, 6.45) is 1.31. The second-order valence-electron chi connectivity index (χ2n) is 3.35. The molecule has 1 fully saturated rings. The van der Waals surface area contributed by atoms with Gasteiger partial charge in [0.1, 0.15) is 5.03 Å². The van der Waals surface area contributed by atoms with Gasteiger partial charge in [0.15, 0.2) is 0 Å². The lowest BCUT2D eigenvalue weighted by Crippen LogP contribution is -2.30. The van der Waals surface area contributed by atoms with Crippen molar-refractivity contribution in [3.63, 3.8) is 0 Å². The molecule has 76 valence electrons. The first kappa shape index (κ1) is 9.96. The van der Waals surface area contributed by atoms with Crippen LogP contribution in [-0.4, -0.2) is 28.6 Å². The van der Waals surface area contributed by atoms with Crippen molar-refractivity contribution in [1.82, 2.24) is 4.98 Å². The lowest BCUT2D eigenvalue weighted by atomic mass is 10.2. The Labute approximate surface area is 87.5 Å². The Morgan fingerprint density at radius 1 is 1.64 bits per heavy atom. The van der Waals surface area contributed by atoms with E-state index >= 15 is 0 Å². The predicted molar refractivity (Wildman–Crippen MR) is 55.3 cm³/mol. The van der Waals surface area contributed by atoms with Crippen LogP contribution in [0.2, 0.25) is 0 Å². The van der Waals surface area contributed by atoms with E-state index in [4.69, 9.17) is 4.74 Å². The average Bonchev–Trinajstić information content (AvgIpc) is 2.12. The van der Waals surface area contributed by atoms with Crippen molar-refractivity contribution in [3.8, 4) is 0 Å². The van der Waals surface area contributed by atoms with Crippen molar-refractivity contribution in [1.29, 1.82) is 0 Å². The molecule has 14 heavy (non-hydrogen) atoms. The van der Waals surface area contributed by atoms with Gasteiger partial charge >= 0.3 is 0 Å². The van der Waals surface area contributed by atoms with Crippen LogP contribution in [-0.2, 0) is 4.74 Å². The van der Waals surface area contributed by atoms with Crippen LogP contribution in [0.3, 0.4) is 0 Å². The van der Waals surface area contributed by atoms with Crippen LogP contribution in [0.5, 0.6) is 0 Å². The number of hydrogen-bond donors (Lipinski definition) is 1. The number of aliphatic hydroxyl groups excluding tert-OH is 1. The minimum absolute atomic E-state index is 0.452. The molecule has 2 rings (SSSR count). The molecule has 0 amide bonds. The first-order chi connectivity index (χ1) is 6.77. The summed E-state index contributed by atoms with van der Waals surface area (Å²) in [5.41, 5.74) is 0.907. The molecule has 0 aromatic carbocycles. The Morgan fingerprint density at radius 2 is 2.43 bits per heavy atom. The number of aliphatic hydroxyl groups is 1. The zero-order chi connectivity index (χ0) is 9.97. The molecule has 3 nitrogen and oxygen atoms in total. The molecule has 0 bridgehead atoms. The highest BCUT2D eigenvalue weighted by Crippen LogP contribution is 2.31. The monoisotopic (exact) mass is 211 g/mol. The van der Waals surface area contributed by atoms with Gasteiger partial charge < -0.3 is 9.84 Å². The molecule has 0 spiro atoms. The highest BCUT2D eigenvalue weighted by molar-refractivity contribution is 8.00. The highest BCUT2D eigenvalue weighted by atomic mass is 32.2. The van der Waals surface area contributed by atoms with E-state index in [-0.39, 0.29) is 0 Å². The van der Waals surface area contributed by atoms with Crippen LogP contribution in [0, 0.1) is 0 Å². The van der Waals surface area contributed by atoms with Gasteiger partial charge in [0.2, 0.25) is 0 Å². The van der Waals surface area contributed by atoms with Crippen LogP contribution in [0.4, 0.5) is 0 Å². The Morgan fingerprint density at radius 3 is 3.00 bits per heavy atom. The number of hydrogen-bond acceptors (Lipinski definition) is 4. The fraction of sp³-hybridized carbons (Fsp3) is 0.500. The fourth-order valence-electron chi connectivity index (χ4n) is 1.26. The van der Waals surface area contributed by atoms with E-state index in [1.165, 1.54) is 0 Å². The average molecular weight is 211 g/mol. The van der Waals surface area contributed by atoms with Crippen LogP contribution in [0.25, 0.3) is 0 Å². The molecular formula is C10H13NO2S. The van der Waals surface area contributed by atoms with Gasteiger partial charge in [-0.05, 0) is 13.0 Å². The van der Waals surface area contributed by atoms with E-state index in [2.05, 4.69) is 4.98 Å². The van der Waals surface area contributed by atoms with Gasteiger partial charge in [-0.1, -0.05) is 17.8 Å². The quantitative estimate of drug-likeness (QED) is 0.825. The zero-order valence-electron chi connectivity index (χ0n) is 8.01. The summed E-state index contributed by atoms with van der Waals surface area (Å²) in [4.78, 5) is 4.27. The van der Waals surface area contributed by atoms with Crippen molar-refractivity contribution in [3.05, 3.63) is 23.9 Å². The van der Waals surface area contributed by atoms with E-state index in [0.29, 0.717) is 5.25 Å². The van der Waals surface area contributed by atoms with Crippen molar-refractivity contribution in [2.45, 2.75) is 23.3 Å². The van der Waals surface area contributed by atoms with Crippen LogP contribution < -0.4 is 0 Å². The smallest absolute Gasteiger partial charge is 0.102 e. The molecule has 1 aromatic rings. The second-order valence-corrected chi connectivity index (χ2v) is 4.64. The van der Waals surface area contributed by atoms with E-state index in [0.717, 1.165) is 23.8 Å². The standard InChI is InChI=1S/C10H13NO2S/c1-7(12)9-3-2-4-11-10(9)14-8-5-13-6-8/h2-4,7-8,12H,5-6H2,1H3/t7-/m1/s1. The van der Waals surface area contributed by atoms with Gasteiger partial charge in [-0.3, -0.25) is 0 Å². The lowest BCUT2D eigenvalue weighted by Gasteiger charge is -2.25. The third kappa shape index (κ3) is 2.08. The molecule has 1 aliphatic heterocycles.